The average Bonchev–Trinajstić information content (AvgIpc) is 3.06. The first-order chi connectivity index (χ1) is 22.2. The minimum Gasteiger partial charge on any atom is -0.490 e. The van der Waals surface area contributed by atoms with E-state index in [1.807, 2.05) is 63.1 Å². The van der Waals surface area contributed by atoms with Crippen LogP contribution in [0.1, 0.15) is 88.1 Å². The number of nitrogens with one attached hydrogen (secondary N) is 1. The Balaban J connectivity index is 1.58. The summed E-state index contributed by atoms with van der Waals surface area (Å²) in [6.07, 6.45) is 7.58. The van der Waals surface area contributed by atoms with Crippen LogP contribution in [0.2, 0.25) is 0 Å². The summed E-state index contributed by atoms with van der Waals surface area (Å²) in [6, 6.07) is 14.2. The van der Waals surface area contributed by atoms with Crippen LogP contribution in [0.4, 0.5) is 5.69 Å². The number of aliphatic hydroxyl groups excluding tert-OH is 1. The lowest BCUT2D eigenvalue weighted by Crippen LogP contribution is -2.48. The molecule has 0 aromatic heterocycles. The van der Waals surface area contributed by atoms with E-state index in [-0.39, 0.29) is 54.8 Å². The van der Waals surface area contributed by atoms with Crippen molar-refractivity contribution in [1.82, 2.24) is 9.80 Å². The van der Waals surface area contributed by atoms with Crippen molar-refractivity contribution < 1.29 is 29.0 Å². The lowest BCUT2D eigenvalue weighted by Gasteiger charge is -2.36. The summed E-state index contributed by atoms with van der Waals surface area (Å²) in [5, 5.41) is 13.2. The number of likely N-dealkylation sites (N-methyl/N-ethyl adjacent to an activating group) is 1. The lowest BCUT2D eigenvalue weighted by atomic mass is 9.88. The topological polar surface area (TPSA) is 108 Å². The SMILES string of the molecule is C[C@H](CO)N1C[C@H](C)[C@H](CN(C)C(=O)C2CCCCC2)OCCCC[C@H](C)Oc2ccc(NC(=O)Cc3ccccc3)cc2C1=O. The zero-order valence-electron chi connectivity index (χ0n) is 28.1. The average molecular weight is 636 g/mol. The highest BCUT2D eigenvalue weighted by atomic mass is 16.5. The first kappa shape index (κ1) is 35.4. The Hall–Kier alpha value is -3.43. The van der Waals surface area contributed by atoms with Gasteiger partial charge in [0.15, 0.2) is 0 Å². The minimum atomic E-state index is -0.480. The fourth-order valence-electron chi connectivity index (χ4n) is 6.47. The van der Waals surface area contributed by atoms with Crippen LogP contribution in [0.5, 0.6) is 5.75 Å². The van der Waals surface area contributed by atoms with Crippen LogP contribution in [-0.2, 0) is 20.7 Å². The van der Waals surface area contributed by atoms with Gasteiger partial charge in [-0.3, -0.25) is 14.4 Å². The number of nitrogens with zero attached hydrogens (tertiary/aromatic N) is 2. The second kappa shape index (κ2) is 17.5. The smallest absolute Gasteiger partial charge is 0.258 e. The molecule has 0 radical (unpaired) electrons. The third-order valence-electron chi connectivity index (χ3n) is 9.33. The van der Waals surface area contributed by atoms with Gasteiger partial charge in [0.1, 0.15) is 5.75 Å². The summed E-state index contributed by atoms with van der Waals surface area (Å²) < 4.78 is 12.7. The molecule has 0 bridgehead atoms. The molecule has 0 unspecified atom stereocenters. The molecule has 2 aromatic carbocycles. The summed E-state index contributed by atoms with van der Waals surface area (Å²) >= 11 is 0. The van der Waals surface area contributed by atoms with Crippen LogP contribution in [-0.4, -0.2) is 84.2 Å². The lowest BCUT2D eigenvalue weighted by molar-refractivity contribution is -0.138. The molecular formula is C37H53N3O6. The predicted molar refractivity (Wildman–Crippen MR) is 180 cm³/mol. The number of rotatable bonds is 8. The molecule has 9 nitrogen and oxygen atoms in total. The third kappa shape index (κ3) is 10.0. The van der Waals surface area contributed by atoms with Gasteiger partial charge in [0.05, 0.1) is 36.8 Å². The first-order valence-electron chi connectivity index (χ1n) is 17.1. The van der Waals surface area contributed by atoms with E-state index < -0.39 is 6.04 Å². The monoisotopic (exact) mass is 635 g/mol. The van der Waals surface area contributed by atoms with E-state index in [0.717, 1.165) is 50.5 Å². The minimum absolute atomic E-state index is 0.0698. The molecule has 9 heteroatoms. The van der Waals surface area contributed by atoms with Crippen LogP contribution in [0, 0.1) is 11.8 Å². The van der Waals surface area contributed by atoms with Crippen molar-refractivity contribution in [2.45, 2.75) is 96.8 Å². The van der Waals surface area contributed by atoms with E-state index in [2.05, 4.69) is 5.32 Å². The van der Waals surface area contributed by atoms with Gasteiger partial charge in [0, 0.05) is 44.3 Å². The molecule has 252 valence electrons. The van der Waals surface area contributed by atoms with E-state index in [1.165, 1.54) is 6.42 Å². The number of carbonyl (C=O) groups excluding carboxylic acids is 3. The molecule has 2 N–H and O–H groups in total. The van der Waals surface area contributed by atoms with E-state index in [4.69, 9.17) is 9.47 Å². The molecule has 46 heavy (non-hydrogen) atoms. The van der Waals surface area contributed by atoms with Crippen molar-refractivity contribution in [2.24, 2.45) is 11.8 Å². The zero-order chi connectivity index (χ0) is 33.1. The maximum atomic E-state index is 14.3. The van der Waals surface area contributed by atoms with Gasteiger partial charge in [-0.05, 0) is 69.7 Å². The van der Waals surface area contributed by atoms with Gasteiger partial charge in [-0.2, -0.15) is 0 Å². The van der Waals surface area contributed by atoms with Gasteiger partial charge in [0.25, 0.3) is 5.91 Å². The second-order valence-corrected chi connectivity index (χ2v) is 13.3. The van der Waals surface area contributed by atoms with Gasteiger partial charge in [-0.25, -0.2) is 0 Å². The van der Waals surface area contributed by atoms with Crippen LogP contribution in [0.3, 0.4) is 0 Å². The molecule has 4 rings (SSSR count). The number of ether oxygens (including phenoxy) is 2. The van der Waals surface area contributed by atoms with Gasteiger partial charge in [-0.15, -0.1) is 0 Å². The van der Waals surface area contributed by atoms with Crippen molar-refractivity contribution in [3.05, 3.63) is 59.7 Å². The summed E-state index contributed by atoms with van der Waals surface area (Å²) in [4.78, 5) is 44.0. The van der Waals surface area contributed by atoms with Gasteiger partial charge in [0.2, 0.25) is 11.8 Å². The number of benzene rings is 2. The fourth-order valence-corrected chi connectivity index (χ4v) is 6.47. The number of aliphatic hydroxyl groups is 1. The van der Waals surface area contributed by atoms with Crippen molar-refractivity contribution in [3.8, 4) is 5.75 Å². The van der Waals surface area contributed by atoms with Gasteiger partial charge >= 0.3 is 0 Å². The summed E-state index contributed by atoms with van der Waals surface area (Å²) in [5.41, 5.74) is 1.72. The van der Waals surface area contributed by atoms with Crippen LogP contribution < -0.4 is 10.1 Å². The van der Waals surface area contributed by atoms with Gasteiger partial charge < -0.3 is 29.7 Å². The molecule has 1 aliphatic heterocycles. The number of carbonyl (C=O) groups is 3. The standard InChI is InChI=1S/C37H53N3O6/c1-26-23-40(27(2)25-41)37(44)32-22-31(38-35(42)21-29-14-7-5-8-15-29)18-19-33(32)46-28(3)13-11-12-20-45-34(26)24-39(4)36(43)30-16-9-6-10-17-30/h5,7-8,14-15,18-19,22,26-28,30,34,41H,6,9-13,16-17,20-21,23-25H2,1-4H3,(H,38,42)/t26-,27+,28-,34-/m0/s1. The Morgan fingerprint density at radius 3 is 2.46 bits per heavy atom. The molecule has 3 amide bonds. The maximum Gasteiger partial charge on any atom is 0.258 e. The maximum absolute atomic E-state index is 14.3. The van der Waals surface area contributed by atoms with E-state index in [1.54, 1.807) is 23.1 Å². The quantitative estimate of drug-likeness (QED) is 0.385. The number of anilines is 1. The van der Waals surface area contributed by atoms with Crippen LogP contribution in [0.15, 0.2) is 48.5 Å². The highest BCUT2D eigenvalue weighted by Gasteiger charge is 2.32. The number of hydrogen-bond acceptors (Lipinski definition) is 6. The molecule has 4 atom stereocenters. The van der Waals surface area contributed by atoms with E-state index >= 15 is 0 Å². The van der Waals surface area contributed by atoms with Crippen molar-refractivity contribution in [3.63, 3.8) is 0 Å². The summed E-state index contributed by atoms with van der Waals surface area (Å²) in [6.45, 7) is 6.94. The Kier molecular flexibility index (Phi) is 13.5. The Morgan fingerprint density at radius 1 is 1.02 bits per heavy atom. The molecule has 2 aliphatic rings. The Labute approximate surface area is 274 Å². The molecular weight excluding hydrogens is 582 g/mol. The highest BCUT2D eigenvalue weighted by molar-refractivity contribution is 6.00. The van der Waals surface area contributed by atoms with Crippen molar-refractivity contribution in [2.75, 3.05) is 38.7 Å². The third-order valence-corrected chi connectivity index (χ3v) is 9.33. The Morgan fingerprint density at radius 2 is 1.74 bits per heavy atom. The summed E-state index contributed by atoms with van der Waals surface area (Å²) in [7, 11) is 1.86. The molecule has 0 saturated heterocycles. The van der Waals surface area contributed by atoms with Crippen molar-refractivity contribution in [1.29, 1.82) is 0 Å². The molecule has 1 heterocycles. The first-order valence-corrected chi connectivity index (χ1v) is 17.1. The van der Waals surface area contributed by atoms with E-state index in [0.29, 0.717) is 36.7 Å². The molecule has 1 fully saturated rings. The number of amides is 3. The number of hydrogen-bond donors (Lipinski definition) is 2. The van der Waals surface area contributed by atoms with Crippen molar-refractivity contribution >= 4 is 23.4 Å². The van der Waals surface area contributed by atoms with Crippen LogP contribution >= 0.6 is 0 Å². The van der Waals surface area contributed by atoms with Crippen LogP contribution in [0.25, 0.3) is 0 Å². The fraction of sp³-hybridized carbons (Fsp3) is 0.595. The zero-order valence-corrected chi connectivity index (χ0v) is 28.1. The second-order valence-electron chi connectivity index (χ2n) is 13.3. The number of fused-ring (bicyclic) bond motifs is 1. The highest BCUT2D eigenvalue weighted by Crippen LogP contribution is 2.29. The normalized spacial score (nSPS) is 22.6. The van der Waals surface area contributed by atoms with Gasteiger partial charge in [-0.1, -0.05) is 56.5 Å². The largest absolute Gasteiger partial charge is 0.490 e. The Bertz CT molecular complexity index is 1280. The molecule has 2 aromatic rings. The molecule has 0 spiro atoms. The summed E-state index contributed by atoms with van der Waals surface area (Å²) in [5.74, 6) is 0.0874. The van der Waals surface area contributed by atoms with E-state index in [9.17, 15) is 19.5 Å². The molecule has 1 aliphatic carbocycles. The predicted octanol–water partition coefficient (Wildman–Crippen LogP) is 5.70. The molecule has 1 saturated carbocycles.